The van der Waals surface area contributed by atoms with E-state index in [0.717, 1.165) is 12.8 Å². The molecule has 0 nitrogen and oxygen atoms in total. The number of rotatable bonds is 3. The summed E-state index contributed by atoms with van der Waals surface area (Å²) in [5.74, 6) is 0. The normalized spacial score (nSPS) is 13.7. The van der Waals surface area contributed by atoms with Crippen molar-refractivity contribution in [2.75, 3.05) is 0 Å². The molecular formula is C23H22. The number of hydrogen-bond acceptors (Lipinski definition) is 0. The smallest absolute Gasteiger partial charge is 0.0146 e. The highest BCUT2D eigenvalue weighted by molar-refractivity contribution is 5.91. The van der Waals surface area contributed by atoms with Gasteiger partial charge in [-0.25, -0.2) is 0 Å². The van der Waals surface area contributed by atoms with Crippen LogP contribution in [0.4, 0.5) is 0 Å². The minimum atomic E-state index is 1.12. The molecule has 3 aromatic rings. The van der Waals surface area contributed by atoms with Crippen molar-refractivity contribution in [3.8, 4) is 0 Å². The SMILES string of the molecule is Cc1ccc(CCC2=CCCc3c2ccc2ccccc32)cc1. The quantitative estimate of drug-likeness (QED) is 0.547. The predicted molar refractivity (Wildman–Crippen MR) is 99.7 cm³/mol. The van der Waals surface area contributed by atoms with Crippen molar-refractivity contribution in [3.05, 3.63) is 89.0 Å². The number of hydrogen-bond donors (Lipinski definition) is 0. The molecule has 23 heavy (non-hydrogen) atoms. The lowest BCUT2D eigenvalue weighted by molar-refractivity contribution is 0.944. The fraction of sp³-hybridized carbons (Fsp3) is 0.217. The molecule has 0 heterocycles. The Labute approximate surface area is 138 Å². The van der Waals surface area contributed by atoms with Gasteiger partial charge in [-0.05, 0) is 65.6 Å². The molecule has 0 saturated carbocycles. The Bertz CT molecular complexity index is 866. The second kappa shape index (κ2) is 6.04. The van der Waals surface area contributed by atoms with Gasteiger partial charge in [-0.15, -0.1) is 0 Å². The molecule has 0 fully saturated rings. The van der Waals surface area contributed by atoms with Gasteiger partial charge in [-0.1, -0.05) is 72.3 Å². The lowest BCUT2D eigenvalue weighted by Crippen LogP contribution is -2.02. The van der Waals surface area contributed by atoms with E-state index in [9.17, 15) is 0 Å². The van der Waals surface area contributed by atoms with Crippen molar-refractivity contribution in [3.63, 3.8) is 0 Å². The van der Waals surface area contributed by atoms with Crippen molar-refractivity contribution in [1.82, 2.24) is 0 Å². The Hall–Kier alpha value is -2.34. The van der Waals surface area contributed by atoms with Crippen molar-refractivity contribution < 1.29 is 0 Å². The summed E-state index contributed by atoms with van der Waals surface area (Å²) in [6.07, 6.45) is 7.05. The van der Waals surface area contributed by atoms with Crippen molar-refractivity contribution in [2.24, 2.45) is 0 Å². The summed E-state index contributed by atoms with van der Waals surface area (Å²) in [4.78, 5) is 0. The number of allylic oxidation sites excluding steroid dienone is 2. The molecule has 3 aromatic carbocycles. The summed E-state index contributed by atoms with van der Waals surface area (Å²) >= 11 is 0. The van der Waals surface area contributed by atoms with Gasteiger partial charge in [0.1, 0.15) is 0 Å². The minimum Gasteiger partial charge on any atom is -0.0804 e. The monoisotopic (exact) mass is 298 g/mol. The van der Waals surface area contributed by atoms with Crippen LogP contribution in [0.2, 0.25) is 0 Å². The highest BCUT2D eigenvalue weighted by Gasteiger charge is 2.14. The van der Waals surface area contributed by atoms with E-state index >= 15 is 0 Å². The molecule has 0 N–H and O–H groups in total. The Balaban J connectivity index is 1.63. The topological polar surface area (TPSA) is 0 Å². The highest BCUT2D eigenvalue weighted by Crippen LogP contribution is 2.34. The fourth-order valence-electron chi connectivity index (χ4n) is 3.68. The highest BCUT2D eigenvalue weighted by atomic mass is 14.2. The van der Waals surface area contributed by atoms with Gasteiger partial charge in [0.05, 0.1) is 0 Å². The predicted octanol–water partition coefficient (Wildman–Crippen LogP) is 6.11. The zero-order valence-electron chi connectivity index (χ0n) is 13.7. The van der Waals surface area contributed by atoms with Gasteiger partial charge in [-0.2, -0.15) is 0 Å². The van der Waals surface area contributed by atoms with Crippen LogP contribution in [0.5, 0.6) is 0 Å². The van der Waals surface area contributed by atoms with E-state index in [-0.39, 0.29) is 0 Å². The molecule has 0 spiro atoms. The van der Waals surface area contributed by atoms with E-state index in [4.69, 9.17) is 0 Å². The number of fused-ring (bicyclic) bond motifs is 3. The largest absolute Gasteiger partial charge is 0.0804 e. The summed E-state index contributed by atoms with van der Waals surface area (Å²) in [6.45, 7) is 2.15. The Morgan fingerprint density at radius 1 is 0.826 bits per heavy atom. The van der Waals surface area contributed by atoms with Crippen LogP contribution in [-0.2, 0) is 12.8 Å². The van der Waals surface area contributed by atoms with Crippen LogP contribution < -0.4 is 0 Å². The molecule has 1 aliphatic carbocycles. The molecule has 0 atom stereocenters. The van der Waals surface area contributed by atoms with Crippen LogP contribution in [0.3, 0.4) is 0 Å². The van der Waals surface area contributed by atoms with Gasteiger partial charge >= 0.3 is 0 Å². The minimum absolute atomic E-state index is 1.12. The van der Waals surface area contributed by atoms with Gasteiger partial charge in [0.15, 0.2) is 0 Å². The zero-order valence-corrected chi connectivity index (χ0v) is 13.7. The van der Waals surface area contributed by atoms with Crippen LogP contribution in [-0.4, -0.2) is 0 Å². The van der Waals surface area contributed by atoms with Crippen LogP contribution >= 0.6 is 0 Å². The molecule has 1 aliphatic rings. The number of aryl methyl sites for hydroxylation is 3. The molecule has 0 heteroatoms. The first-order chi connectivity index (χ1) is 11.3. The third kappa shape index (κ3) is 2.82. The fourth-order valence-corrected chi connectivity index (χ4v) is 3.68. The van der Waals surface area contributed by atoms with Gasteiger partial charge in [0.25, 0.3) is 0 Å². The molecule has 0 radical (unpaired) electrons. The van der Waals surface area contributed by atoms with Crippen molar-refractivity contribution in [1.29, 1.82) is 0 Å². The molecule has 114 valence electrons. The lowest BCUT2D eigenvalue weighted by atomic mass is 9.85. The molecule has 0 aromatic heterocycles. The van der Waals surface area contributed by atoms with E-state index in [1.165, 1.54) is 45.9 Å². The maximum Gasteiger partial charge on any atom is -0.0146 e. The molecule has 0 unspecified atom stereocenters. The first-order valence-electron chi connectivity index (χ1n) is 8.57. The van der Waals surface area contributed by atoms with Crippen LogP contribution in [0.15, 0.2) is 66.7 Å². The third-order valence-corrected chi connectivity index (χ3v) is 4.98. The van der Waals surface area contributed by atoms with Crippen LogP contribution in [0.25, 0.3) is 16.3 Å². The van der Waals surface area contributed by atoms with Gasteiger partial charge in [0.2, 0.25) is 0 Å². The summed E-state index contributed by atoms with van der Waals surface area (Å²) in [6, 6.07) is 22.4. The molecular weight excluding hydrogens is 276 g/mol. The van der Waals surface area contributed by atoms with Crippen LogP contribution in [0.1, 0.15) is 35.1 Å². The van der Waals surface area contributed by atoms with E-state index in [2.05, 4.69) is 73.7 Å². The Kier molecular flexibility index (Phi) is 3.75. The average molecular weight is 298 g/mol. The molecule has 0 saturated heterocycles. The Morgan fingerprint density at radius 3 is 2.52 bits per heavy atom. The Morgan fingerprint density at radius 2 is 1.65 bits per heavy atom. The summed E-state index contributed by atoms with van der Waals surface area (Å²) < 4.78 is 0. The average Bonchev–Trinajstić information content (AvgIpc) is 2.61. The van der Waals surface area contributed by atoms with E-state index in [0.29, 0.717) is 0 Å². The molecule has 0 aliphatic heterocycles. The summed E-state index contributed by atoms with van der Waals surface area (Å²) in [5.41, 5.74) is 7.32. The summed E-state index contributed by atoms with van der Waals surface area (Å²) in [5, 5.41) is 2.80. The molecule has 0 amide bonds. The maximum atomic E-state index is 2.45. The second-order valence-corrected chi connectivity index (χ2v) is 6.57. The third-order valence-electron chi connectivity index (χ3n) is 4.98. The van der Waals surface area contributed by atoms with Gasteiger partial charge < -0.3 is 0 Å². The molecule has 0 bridgehead atoms. The first kappa shape index (κ1) is 14.3. The maximum absolute atomic E-state index is 2.45. The lowest BCUT2D eigenvalue weighted by Gasteiger charge is -2.20. The van der Waals surface area contributed by atoms with Crippen LogP contribution in [0, 0.1) is 6.92 Å². The van der Waals surface area contributed by atoms with Crippen molar-refractivity contribution in [2.45, 2.75) is 32.6 Å². The van der Waals surface area contributed by atoms with Crippen molar-refractivity contribution >= 4 is 16.3 Å². The van der Waals surface area contributed by atoms with Gasteiger partial charge in [-0.3, -0.25) is 0 Å². The second-order valence-electron chi connectivity index (χ2n) is 6.57. The number of benzene rings is 3. The standard InChI is InChI=1S/C23H22/c1-17-9-11-18(12-10-17)13-14-20-6-4-8-23-21-7-3-2-5-19(21)15-16-22(20)23/h2-3,5-7,9-12,15-16H,4,8,13-14H2,1H3. The van der Waals surface area contributed by atoms with Gasteiger partial charge in [0, 0.05) is 0 Å². The zero-order chi connectivity index (χ0) is 15.6. The van der Waals surface area contributed by atoms with E-state index in [1.54, 1.807) is 5.56 Å². The first-order valence-corrected chi connectivity index (χ1v) is 8.57. The molecule has 4 rings (SSSR count). The van der Waals surface area contributed by atoms with E-state index < -0.39 is 0 Å². The van der Waals surface area contributed by atoms with E-state index in [1.807, 2.05) is 0 Å². The summed E-state index contributed by atoms with van der Waals surface area (Å²) in [7, 11) is 0.